The number of pyridine rings is 1. The molecular formula is C26H30N6O4. The summed E-state index contributed by atoms with van der Waals surface area (Å²) in [6.07, 6.45) is 8.41. The molecule has 2 fully saturated rings. The van der Waals surface area contributed by atoms with Gasteiger partial charge in [0.05, 0.1) is 11.9 Å². The maximum Gasteiger partial charge on any atom is 0.320 e. The van der Waals surface area contributed by atoms with Gasteiger partial charge in [0, 0.05) is 25.2 Å². The molecule has 3 N–H and O–H groups in total. The minimum Gasteiger partial charge on any atom is -0.481 e. The van der Waals surface area contributed by atoms with Crippen LogP contribution >= 0.6 is 0 Å². The Balaban J connectivity index is 1.11. The van der Waals surface area contributed by atoms with Crippen LogP contribution in [0.4, 0.5) is 23.2 Å². The van der Waals surface area contributed by atoms with Crippen molar-refractivity contribution < 1.29 is 19.1 Å². The maximum absolute atomic E-state index is 12.5. The second-order valence-corrected chi connectivity index (χ2v) is 9.79. The SMILES string of the molecule is O=C(O)CC1CCC2(CC1)CCN(c1ccc(NC(=O)c3nnc(Nc4ccccc4)o3)cn1)CC2. The third-order valence-corrected chi connectivity index (χ3v) is 7.43. The first-order valence-electron chi connectivity index (χ1n) is 12.4. The number of carbonyl (C=O) groups excluding carboxylic acids is 1. The number of benzene rings is 1. The van der Waals surface area contributed by atoms with Crippen LogP contribution in [0.25, 0.3) is 0 Å². The Bertz CT molecular complexity index is 1180. The second-order valence-electron chi connectivity index (χ2n) is 9.79. The number of rotatable bonds is 7. The van der Waals surface area contributed by atoms with Gasteiger partial charge < -0.3 is 25.1 Å². The number of carboxylic acid groups (broad SMARTS) is 1. The van der Waals surface area contributed by atoms with E-state index in [4.69, 9.17) is 9.52 Å². The van der Waals surface area contributed by atoms with E-state index < -0.39 is 11.9 Å². The topological polar surface area (TPSA) is 133 Å². The Morgan fingerprint density at radius 1 is 1.00 bits per heavy atom. The molecule has 10 heteroatoms. The summed E-state index contributed by atoms with van der Waals surface area (Å²) in [5.74, 6) is -0.115. The number of aliphatic carboxylic acids is 1. The lowest BCUT2D eigenvalue weighted by Gasteiger charge is -2.46. The number of amides is 1. The van der Waals surface area contributed by atoms with Gasteiger partial charge >= 0.3 is 23.8 Å². The molecule has 5 rings (SSSR count). The summed E-state index contributed by atoms with van der Waals surface area (Å²) >= 11 is 0. The van der Waals surface area contributed by atoms with Gasteiger partial charge in [-0.05, 0) is 74.1 Å². The predicted molar refractivity (Wildman–Crippen MR) is 134 cm³/mol. The van der Waals surface area contributed by atoms with Crippen molar-refractivity contribution in [3.8, 4) is 0 Å². The van der Waals surface area contributed by atoms with Crippen LogP contribution in [0.1, 0.15) is 55.6 Å². The fourth-order valence-corrected chi connectivity index (χ4v) is 5.29. The predicted octanol–water partition coefficient (Wildman–Crippen LogP) is 4.71. The number of nitrogens with one attached hydrogen (secondary N) is 2. The number of piperidine rings is 1. The van der Waals surface area contributed by atoms with Crippen LogP contribution < -0.4 is 15.5 Å². The molecule has 1 aliphatic carbocycles. The number of nitrogens with zero attached hydrogens (tertiary/aromatic N) is 4. The van der Waals surface area contributed by atoms with E-state index in [1.54, 1.807) is 6.20 Å². The largest absolute Gasteiger partial charge is 0.481 e. The van der Waals surface area contributed by atoms with E-state index in [1.165, 1.54) is 0 Å². The number of hydrogen-bond acceptors (Lipinski definition) is 8. The highest BCUT2D eigenvalue weighted by molar-refractivity contribution is 6.00. The van der Waals surface area contributed by atoms with Crippen molar-refractivity contribution in [2.24, 2.45) is 11.3 Å². The molecule has 0 bridgehead atoms. The molecule has 2 aromatic heterocycles. The monoisotopic (exact) mass is 490 g/mol. The molecule has 1 aromatic carbocycles. The quantitative estimate of drug-likeness (QED) is 0.430. The number of carboxylic acids is 1. The van der Waals surface area contributed by atoms with Gasteiger partial charge in [-0.1, -0.05) is 23.3 Å². The van der Waals surface area contributed by atoms with Gasteiger partial charge in [-0.3, -0.25) is 9.59 Å². The smallest absolute Gasteiger partial charge is 0.320 e. The molecule has 1 saturated carbocycles. The lowest BCUT2D eigenvalue weighted by atomic mass is 9.65. The summed E-state index contributed by atoms with van der Waals surface area (Å²) < 4.78 is 5.42. The summed E-state index contributed by atoms with van der Waals surface area (Å²) in [4.78, 5) is 30.4. The Labute approximate surface area is 209 Å². The fraction of sp³-hybridized carbons (Fsp3) is 0.423. The standard InChI is InChI=1S/C26H30N6O4/c33-22(34)16-18-8-10-26(11-9-18)12-14-32(15-13-26)21-7-6-20(17-27-21)28-23(35)24-30-31-25(36-24)29-19-4-2-1-3-5-19/h1-7,17-18H,8-16H2,(H,28,35)(H,29,31)(H,33,34). The highest BCUT2D eigenvalue weighted by Gasteiger charge is 2.38. The van der Waals surface area contributed by atoms with E-state index in [-0.39, 0.29) is 11.9 Å². The summed E-state index contributed by atoms with van der Waals surface area (Å²) in [6, 6.07) is 13.2. The third-order valence-electron chi connectivity index (χ3n) is 7.43. The zero-order valence-corrected chi connectivity index (χ0v) is 20.0. The van der Waals surface area contributed by atoms with Gasteiger partial charge in [-0.2, -0.15) is 0 Å². The van der Waals surface area contributed by atoms with E-state index in [0.29, 0.717) is 23.4 Å². The zero-order chi connectivity index (χ0) is 25.0. The average molecular weight is 491 g/mol. The molecular weight excluding hydrogens is 460 g/mol. The van der Waals surface area contributed by atoms with Crippen molar-refractivity contribution in [1.82, 2.24) is 15.2 Å². The molecule has 36 heavy (non-hydrogen) atoms. The average Bonchev–Trinajstić information content (AvgIpc) is 3.36. The highest BCUT2D eigenvalue weighted by atomic mass is 16.4. The number of hydrogen-bond donors (Lipinski definition) is 3. The van der Waals surface area contributed by atoms with Crippen LogP contribution in [-0.2, 0) is 4.79 Å². The van der Waals surface area contributed by atoms with Crippen LogP contribution in [0.2, 0.25) is 0 Å². The third kappa shape index (κ3) is 5.64. The molecule has 1 aliphatic heterocycles. The normalized spacial score (nSPS) is 17.6. The first-order chi connectivity index (χ1) is 17.5. The van der Waals surface area contributed by atoms with Crippen LogP contribution in [-0.4, -0.2) is 45.3 Å². The molecule has 3 aromatic rings. The van der Waals surface area contributed by atoms with Crippen LogP contribution in [0.3, 0.4) is 0 Å². The lowest BCUT2D eigenvalue weighted by molar-refractivity contribution is -0.138. The van der Waals surface area contributed by atoms with Crippen molar-refractivity contribution in [3.63, 3.8) is 0 Å². The molecule has 1 saturated heterocycles. The van der Waals surface area contributed by atoms with Crippen molar-refractivity contribution in [1.29, 1.82) is 0 Å². The van der Waals surface area contributed by atoms with Crippen molar-refractivity contribution in [2.75, 3.05) is 28.6 Å². The van der Waals surface area contributed by atoms with Gasteiger partial charge in [0.1, 0.15) is 5.82 Å². The van der Waals surface area contributed by atoms with Gasteiger partial charge in [0.25, 0.3) is 0 Å². The number of aromatic nitrogens is 3. The second kappa shape index (κ2) is 10.3. The molecule has 1 spiro atoms. The van der Waals surface area contributed by atoms with Crippen LogP contribution in [0.5, 0.6) is 0 Å². The van der Waals surface area contributed by atoms with E-state index in [0.717, 1.165) is 63.1 Å². The first kappa shape index (κ1) is 23.8. The van der Waals surface area contributed by atoms with Gasteiger partial charge in [0.15, 0.2) is 0 Å². The minimum absolute atomic E-state index is 0.137. The molecule has 3 heterocycles. The number of anilines is 4. The van der Waals surface area contributed by atoms with Gasteiger partial charge in [-0.15, -0.1) is 5.10 Å². The molecule has 0 radical (unpaired) electrons. The van der Waals surface area contributed by atoms with E-state index in [2.05, 4.69) is 30.7 Å². The number of para-hydroxylation sites is 1. The van der Waals surface area contributed by atoms with Crippen LogP contribution in [0, 0.1) is 11.3 Å². The summed E-state index contributed by atoms with van der Waals surface area (Å²) in [5.41, 5.74) is 1.67. The van der Waals surface area contributed by atoms with Gasteiger partial charge in [-0.25, -0.2) is 4.98 Å². The highest BCUT2D eigenvalue weighted by Crippen LogP contribution is 2.47. The van der Waals surface area contributed by atoms with Crippen molar-refractivity contribution >= 4 is 35.1 Å². The minimum atomic E-state index is -0.682. The first-order valence-corrected chi connectivity index (χ1v) is 12.4. The summed E-state index contributed by atoms with van der Waals surface area (Å²) in [6.45, 7) is 1.86. The Kier molecular flexibility index (Phi) is 6.84. The molecule has 10 nitrogen and oxygen atoms in total. The van der Waals surface area contributed by atoms with E-state index in [1.807, 2.05) is 42.5 Å². The fourth-order valence-electron chi connectivity index (χ4n) is 5.29. The zero-order valence-electron chi connectivity index (χ0n) is 20.0. The Morgan fingerprint density at radius 2 is 1.75 bits per heavy atom. The summed E-state index contributed by atoms with van der Waals surface area (Å²) in [7, 11) is 0. The maximum atomic E-state index is 12.5. The Morgan fingerprint density at radius 3 is 2.42 bits per heavy atom. The molecule has 188 valence electrons. The molecule has 0 unspecified atom stereocenters. The van der Waals surface area contributed by atoms with Crippen molar-refractivity contribution in [2.45, 2.75) is 44.9 Å². The number of carbonyl (C=O) groups is 2. The van der Waals surface area contributed by atoms with Crippen LogP contribution in [0.15, 0.2) is 53.1 Å². The molecule has 2 aliphatic rings. The lowest BCUT2D eigenvalue weighted by Crippen LogP contribution is -2.42. The van der Waals surface area contributed by atoms with Gasteiger partial charge in [0.2, 0.25) is 0 Å². The van der Waals surface area contributed by atoms with E-state index in [9.17, 15) is 9.59 Å². The van der Waals surface area contributed by atoms with Crippen molar-refractivity contribution in [3.05, 3.63) is 54.6 Å². The molecule has 1 amide bonds. The van der Waals surface area contributed by atoms with E-state index >= 15 is 0 Å². The molecule has 0 atom stereocenters. The Hall–Kier alpha value is -3.95. The summed E-state index contributed by atoms with van der Waals surface area (Å²) in [5, 5.41) is 22.4.